The predicted octanol–water partition coefficient (Wildman–Crippen LogP) is 3.31. The highest BCUT2D eigenvalue weighted by molar-refractivity contribution is 9.10. The number of hydrogen-bond donors (Lipinski definition) is 1. The van der Waals surface area contributed by atoms with Crippen LogP contribution in [-0.4, -0.2) is 14.9 Å². The molecule has 1 aromatic heterocycles. The van der Waals surface area contributed by atoms with Crippen molar-refractivity contribution in [3.8, 4) is 0 Å². The average molecular weight is 309 g/mol. The number of aliphatic hydroxyl groups is 1. The smallest absolute Gasteiger partial charge is 0.122 e. The minimum absolute atomic E-state index is 0.641. The van der Waals surface area contributed by atoms with Gasteiger partial charge < -0.3 is 5.11 Å². The van der Waals surface area contributed by atoms with E-state index in [1.54, 1.807) is 6.20 Å². The molecule has 0 spiro atoms. The maximum atomic E-state index is 10.6. The minimum atomic E-state index is -0.641. The topological polar surface area (TPSA) is 38.1 Å². The summed E-state index contributed by atoms with van der Waals surface area (Å²) in [5, 5.41) is 14.8. The van der Waals surface area contributed by atoms with Gasteiger partial charge in [0.2, 0.25) is 0 Å². The average Bonchev–Trinajstić information content (AvgIpc) is 2.79. The molecule has 0 radical (unpaired) electrons. The number of rotatable bonds is 4. The fourth-order valence-corrected chi connectivity index (χ4v) is 2.68. The van der Waals surface area contributed by atoms with Crippen LogP contribution in [0.1, 0.15) is 36.8 Å². The Kier molecular flexibility index (Phi) is 4.19. The van der Waals surface area contributed by atoms with Crippen molar-refractivity contribution in [2.24, 2.45) is 0 Å². The number of benzene rings is 1. The first-order chi connectivity index (χ1) is 8.69. The number of aromatic nitrogens is 2. The van der Waals surface area contributed by atoms with Crippen LogP contribution in [0.5, 0.6) is 0 Å². The molecule has 0 amide bonds. The lowest BCUT2D eigenvalue weighted by Crippen LogP contribution is -2.11. The van der Waals surface area contributed by atoms with Gasteiger partial charge in [-0.2, -0.15) is 5.10 Å². The van der Waals surface area contributed by atoms with Gasteiger partial charge >= 0.3 is 0 Å². The quantitative estimate of drug-likeness (QED) is 0.941. The summed E-state index contributed by atoms with van der Waals surface area (Å²) in [6.45, 7) is 4.85. The summed E-state index contributed by atoms with van der Waals surface area (Å²) in [6, 6.07) is 7.99. The van der Waals surface area contributed by atoms with Gasteiger partial charge in [0.05, 0.1) is 16.4 Å². The third-order valence-corrected chi connectivity index (χ3v) is 3.73. The van der Waals surface area contributed by atoms with Gasteiger partial charge in [0.25, 0.3) is 0 Å². The number of aliphatic hydroxyl groups excluding tert-OH is 1. The van der Waals surface area contributed by atoms with Gasteiger partial charge in [-0.1, -0.05) is 31.2 Å². The van der Waals surface area contributed by atoms with Crippen LogP contribution >= 0.6 is 15.9 Å². The summed E-state index contributed by atoms with van der Waals surface area (Å²) in [5.41, 5.74) is 2.94. The van der Waals surface area contributed by atoms with Crippen molar-refractivity contribution in [3.05, 3.63) is 51.8 Å². The molecular weight excluding hydrogens is 292 g/mol. The van der Waals surface area contributed by atoms with Gasteiger partial charge in [0.1, 0.15) is 6.10 Å². The predicted molar refractivity (Wildman–Crippen MR) is 75.5 cm³/mol. The molecule has 1 heterocycles. The van der Waals surface area contributed by atoms with Gasteiger partial charge in [-0.3, -0.25) is 4.68 Å². The molecule has 0 fully saturated rings. The Morgan fingerprint density at radius 1 is 1.33 bits per heavy atom. The number of hydrogen-bond acceptors (Lipinski definition) is 2. The van der Waals surface area contributed by atoms with E-state index >= 15 is 0 Å². The Hall–Kier alpha value is -1.13. The van der Waals surface area contributed by atoms with Crippen molar-refractivity contribution in [2.45, 2.75) is 32.9 Å². The summed E-state index contributed by atoms with van der Waals surface area (Å²) in [4.78, 5) is 0. The minimum Gasteiger partial charge on any atom is -0.382 e. The number of halogens is 1. The van der Waals surface area contributed by atoms with Gasteiger partial charge in [-0.05, 0) is 40.4 Å². The van der Waals surface area contributed by atoms with E-state index in [2.05, 4.69) is 34.0 Å². The molecule has 0 saturated carbocycles. The second-order valence-corrected chi connectivity index (χ2v) is 5.00. The second-order valence-electron chi connectivity index (χ2n) is 4.15. The Balaban J connectivity index is 2.47. The first-order valence-electron chi connectivity index (χ1n) is 6.16. The molecule has 3 nitrogen and oxygen atoms in total. The molecule has 96 valence electrons. The molecule has 0 aliphatic rings. The highest BCUT2D eigenvalue weighted by Gasteiger charge is 2.20. The normalized spacial score (nSPS) is 12.7. The van der Waals surface area contributed by atoms with E-state index in [-0.39, 0.29) is 0 Å². The third-order valence-electron chi connectivity index (χ3n) is 3.12. The van der Waals surface area contributed by atoms with Gasteiger partial charge in [0.15, 0.2) is 0 Å². The molecule has 0 aliphatic carbocycles. The van der Waals surface area contributed by atoms with E-state index in [1.807, 2.05) is 29.8 Å². The summed E-state index contributed by atoms with van der Waals surface area (Å²) in [5.74, 6) is 0. The lowest BCUT2D eigenvalue weighted by atomic mass is 9.98. The molecule has 4 heteroatoms. The summed E-state index contributed by atoms with van der Waals surface area (Å²) >= 11 is 3.46. The molecule has 0 bridgehead atoms. The molecule has 2 rings (SSSR count). The van der Waals surface area contributed by atoms with Crippen molar-refractivity contribution in [3.63, 3.8) is 0 Å². The molecule has 1 atom stereocenters. The van der Waals surface area contributed by atoms with E-state index in [0.29, 0.717) is 0 Å². The van der Waals surface area contributed by atoms with Crippen LogP contribution in [0.2, 0.25) is 0 Å². The molecule has 0 saturated heterocycles. The summed E-state index contributed by atoms with van der Waals surface area (Å²) < 4.78 is 2.67. The Morgan fingerprint density at radius 2 is 2.06 bits per heavy atom. The maximum Gasteiger partial charge on any atom is 0.122 e. The zero-order valence-corrected chi connectivity index (χ0v) is 12.2. The number of nitrogens with zero attached hydrogens (tertiary/aromatic N) is 2. The largest absolute Gasteiger partial charge is 0.382 e. The first-order valence-corrected chi connectivity index (χ1v) is 6.95. The van der Waals surface area contributed by atoms with Crippen molar-refractivity contribution < 1.29 is 5.11 Å². The Labute approximate surface area is 116 Å². The van der Waals surface area contributed by atoms with Crippen LogP contribution in [0, 0.1) is 0 Å². The van der Waals surface area contributed by atoms with Crippen LogP contribution in [0.4, 0.5) is 0 Å². The highest BCUT2D eigenvalue weighted by atomic mass is 79.9. The van der Waals surface area contributed by atoms with E-state index in [9.17, 15) is 5.11 Å². The molecule has 2 aromatic rings. The molecule has 0 aliphatic heterocycles. The second kappa shape index (κ2) is 5.67. The van der Waals surface area contributed by atoms with E-state index in [4.69, 9.17) is 0 Å². The molecule has 1 N–H and O–H groups in total. The van der Waals surface area contributed by atoms with E-state index < -0.39 is 6.10 Å². The standard InChI is InChI=1S/C14H17BrN2O/c1-3-10-7-5-6-8-11(10)14(18)13-12(15)9-16-17(13)4-2/h5-9,14,18H,3-4H2,1-2H3. The summed E-state index contributed by atoms with van der Waals surface area (Å²) in [7, 11) is 0. The first kappa shape index (κ1) is 13.3. The van der Waals surface area contributed by atoms with Crippen molar-refractivity contribution >= 4 is 15.9 Å². The monoisotopic (exact) mass is 308 g/mol. The van der Waals surface area contributed by atoms with Crippen molar-refractivity contribution in [1.82, 2.24) is 9.78 Å². The lowest BCUT2D eigenvalue weighted by Gasteiger charge is -2.16. The zero-order chi connectivity index (χ0) is 13.1. The maximum absolute atomic E-state index is 10.6. The molecule has 18 heavy (non-hydrogen) atoms. The van der Waals surface area contributed by atoms with Crippen molar-refractivity contribution in [2.75, 3.05) is 0 Å². The van der Waals surface area contributed by atoms with Crippen LogP contribution < -0.4 is 0 Å². The Morgan fingerprint density at radius 3 is 2.72 bits per heavy atom. The fraction of sp³-hybridized carbons (Fsp3) is 0.357. The van der Waals surface area contributed by atoms with Crippen LogP contribution in [-0.2, 0) is 13.0 Å². The molecular formula is C14H17BrN2O. The van der Waals surface area contributed by atoms with Crippen LogP contribution in [0.15, 0.2) is 34.9 Å². The lowest BCUT2D eigenvalue weighted by molar-refractivity contribution is 0.206. The number of aryl methyl sites for hydroxylation is 2. The molecule has 1 unspecified atom stereocenters. The zero-order valence-electron chi connectivity index (χ0n) is 10.6. The highest BCUT2D eigenvalue weighted by Crippen LogP contribution is 2.30. The summed E-state index contributed by atoms with van der Waals surface area (Å²) in [6.07, 6.45) is 2.00. The Bertz CT molecular complexity index is 536. The van der Waals surface area contributed by atoms with Gasteiger partial charge in [-0.25, -0.2) is 0 Å². The fourth-order valence-electron chi connectivity index (χ4n) is 2.17. The van der Waals surface area contributed by atoms with E-state index in [1.165, 1.54) is 5.56 Å². The SMILES string of the molecule is CCc1ccccc1C(O)c1c(Br)cnn1CC. The third kappa shape index (κ3) is 2.35. The molecule has 1 aromatic carbocycles. The van der Waals surface area contributed by atoms with Gasteiger partial charge in [-0.15, -0.1) is 0 Å². The van der Waals surface area contributed by atoms with Gasteiger partial charge in [0, 0.05) is 6.54 Å². The van der Waals surface area contributed by atoms with E-state index in [0.717, 1.165) is 28.7 Å². The van der Waals surface area contributed by atoms with Crippen LogP contribution in [0.25, 0.3) is 0 Å². The van der Waals surface area contributed by atoms with Crippen molar-refractivity contribution in [1.29, 1.82) is 0 Å². The van der Waals surface area contributed by atoms with Crippen LogP contribution in [0.3, 0.4) is 0 Å².